The molecule has 0 atom stereocenters. The molecular formula is C14H19N3O2S. The molecule has 5 nitrogen and oxygen atoms in total. The van der Waals surface area contributed by atoms with Gasteiger partial charge in [-0.2, -0.15) is 11.8 Å². The first kappa shape index (κ1) is 14.7. The summed E-state index contributed by atoms with van der Waals surface area (Å²) in [6.45, 7) is 1.69. The standard InChI is InChI=1S/C14H19N3O2S/c15-14(16-19)12-4-2-11(3-5-12)10-13(18)17-6-1-8-20-9-7-17/h2-5,19H,1,6-10H2,(H2,15,16). The second kappa shape index (κ2) is 7.19. The second-order valence-corrected chi connectivity index (χ2v) is 5.93. The van der Waals surface area contributed by atoms with Crippen LogP contribution in [0.25, 0.3) is 0 Å². The number of oxime groups is 1. The van der Waals surface area contributed by atoms with Crippen LogP contribution in [0.15, 0.2) is 29.4 Å². The molecule has 0 radical (unpaired) electrons. The molecule has 1 aromatic rings. The topological polar surface area (TPSA) is 78.9 Å². The maximum atomic E-state index is 12.2. The Morgan fingerprint density at radius 2 is 2.05 bits per heavy atom. The van der Waals surface area contributed by atoms with Crippen LogP contribution in [0.1, 0.15) is 17.5 Å². The van der Waals surface area contributed by atoms with Crippen LogP contribution in [-0.2, 0) is 11.2 Å². The fourth-order valence-electron chi connectivity index (χ4n) is 2.13. The minimum absolute atomic E-state index is 0.0763. The molecule has 0 spiro atoms. The van der Waals surface area contributed by atoms with Crippen molar-refractivity contribution < 1.29 is 10.0 Å². The van der Waals surface area contributed by atoms with E-state index in [9.17, 15) is 4.79 Å². The summed E-state index contributed by atoms with van der Waals surface area (Å²) >= 11 is 1.91. The predicted octanol–water partition coefficient (Wildman–Crippen LogP) is 1.29. The zero-order chi connectivity index (χ0) is 14.4. The van der Waals surface area contributed by atoms with Gasteiger partial charge in [0, 0.05) is 24.4 Å². The first-order valence-corrected chi connectivity index (χ1v) is 7.78. The summed E-state index contributed by atoms with van der Waals surface area (Å²) in [7, 11) is 0. The summed E-state index contributed by atoms with van der Waals surface area (Å²) in [5.74, 6) is 2.41. The van der Waals surface area contributed by atoms with Crippen molar-refractivity contribution in [2.24, 2.45) is 10.9 Å². The Kier molecular flexibility index (Phi) is 5.29. The maximum Gasteiger partial charge on any atom is 0.227 e. The van der Waals surface area contributed by atoms with E-state index in [2.05, 4.69) is 5.16 Å². The molecule has 20 heavy (non-hydrogen) atoms. The van der Waals surface area contributed by atoms with Crippen LogP contribution >= 0.6 is 11.8 Å². The van der Waals surface area contributed by atoms with E-state index in [1.165, 1.54) is 0 Å². The van der Waals surface area contributed by atoms with Gasteiger partial charge < -0.3 is 15.8 Å². The predicted molar refractivity (Wildman–Crippen MR) is 81.2 cm³/mol. The van der Waals surface area contributed by atoms with Gasteiger partial charge in [0.25, 0.3) is 0 Å². The third-order valence-electron chi connectivity index (χ3n) is 3.29. The van der Waals surface area contributed by atoms with Gasteiger partial charge in [-0.05, 0) is 17.7 Å². The average Bonchev–Trinajstić information content (AvgIpc) is 2.76. The summed E-state index contributed by atoms with van der Waals surface area (Å²) in [4.78, 5) is 14.2. The summed E-state index contributed by atoms with van der Waals surface area (Å²) in [5, 5.41) is 11.6. The van der Waals surface area contributed by atoms with E-state index >= 15 is 0 Å². The molecule has 1 aliphatic heterocycles. The number of nitrogens with zero attached hydrogens (tertiary/aromatic N) is 2. The van der Waals surface area contributed by atoms with Gasteiger partial charge in [0.05, 0.1) is 6.42 Å². The van der Waals surface area contributed by atoms with Crippen LogP contribution in [0.3, 0.4) is 0 Å². The van der Waals surface area contributed by atoms with Crippen LogP contribution in [0, 0.1) is 0 Å². The second-order valence-electron chi connectivity index (χ2n) is 4.71. The molecule has 1 saturated heterocycles. The van der Waals surface area contributed by atoms with E-state index in [0.29, 0.717) is 12.0 Å². The molecule has 3 N–H and O–H groups in total. The molecule has 1 heterocycles. The summed E-state index contributed by atoms with van der Waals surface area (Å²) in [5.41, 5.74) is 7.10. The Labute approximate surface area is 122 Å². The van der Waals surface area contributed by atoms with Crippen LogP contribution < -0.4 is 5.73 Å². The molecule has 0 unspecified atom stereocenters. The molecule has 0 bridgehead atoms. The number of thioether (sulfide) groups is 1. The van der Waals surface area contributed by atoms with Crippen molar-refractivity contribution in [3.63, 3.8) is 0 Å². The van der Waals surface area contributed by atoms with Gasteiger partial charge in [-0.1, -0.05) is 29.4 Å². The van der Waals surface area contributed by atoms with Gasteiger partial charge in [0.1, 0.15) is 0 Å². The van der Waals surface area contributed by atoms with E-state index in [4.69, 9.17) is 10.9 Å². The quantitative estimate of drug-likeness (QED) is 0.381. The molecule has 1 aromatic carbocycles. The first-order valence-electron chi connectivity index (χ1n) is 6.63. The van der Waals surface area contributed by atoms with Crippen LogP contribution in [0.2, 0.25) is 0 Å². The fraction of sp³-hybridized carbons (Fsp3) is 0.429. The molecule has 0 aromatic heterocycles. The highest BCUT2D eigenvalue weighted by atomic mass is 32.2. The molecule has 1 aliphatic rings. The molecule has 1 amide bonds. The number of carbonyl (C=O) groups is 1. The Hall–Kier alpha value is -1.69. The lowest BCUT2D eigenvalue weighted by Crippen LogP contribution is -2.34. The van der Waals surface area contributed by atoms with E-state index < -0.39 is 0 Å². The largest absolute Gasteiger partial charge is 0.409 e. The minimum Gasteiger partial charge on any atom is -0.409 e. The number of hydrogen-bond acceptors (Lipinski definition) is 4. The lowest BCUT2D eigenvalue weighted by atomic mass is 10.1. The Balaban J connectivity index is 1.97. The number of benzene rings is 1. The van der Waals surface area contributed by atoms with Crippen molar-refractivity contribution >= 4 is 23.5 Å². The van der Waals surface area contributed by atoms with E-state index in [1.54, 1.807) is 12.1 Å². The normalized spacial score (nSPS) is 16.8. The maximum absolute atomic E-state index is 12.2. The molecule has 108 valence electrons. The van der Waals surface area contributed by atoms with E-state index in [1.807, 2.05) is 28.8 Å². The number of carbonyl (C=O) groups excluding carboxylic acids is 1. The van der Waals surface area contributed by atoms with Gasteiger partial charge in [-0.15, -0.1) is 0 Å². The van der Waals surface area contributed by atoms with Crippen molar-refractivity contribution in [1.29, 1.82) is 0 Å². The van der Waals surface area contributed by atoms with Crippen LogP contribution in [0.5, 0.6) is 0 Å². The molecule has 0 saturated carbocycles. The number of amides is 1. The lowest BCUT2D eigenvalue weighted by Gasteiger charge is -2.20. The minimum atomic E-state index is 0.0763. The molecule has 0 aliphatic carbocycles. The SMILES string of the molecule is NC(=NO)c1ccc(CC(=O)N2CCCSCC2)cc1. The first-order chi connectivity index (χ1) is 9.70. The fourth-order valence-corrected chi connectivity index (χ4v) is 3.02. The number of nitrogens with two attached hydrogens (primary N) is 1. The zero-order valence-electron chi connectivity index (χ0n) is 11.3. The Morgan fingerprint density at radius 3 is 2.75 bits per heavy atom. The highest BCUT2D eigenvalue weighted by Gasteiger charge is 2.15. The third-order valence-corrected chi connectivity index (χ3v) is 4.34. The smallest absolute Gasteiger partial charge is 0.227 e. The monoisotopic (exact) mass is 293 g/mol. The number of amidine groups is 1. The van der Waals surface area contributed by atoms with Gasteiger partial charge in [0.15, 0.2) is 5.84 Å². The van der Waals surface area contributed by atoms with Crippen molar-refractivity contribution in [1.82, 2.24) is 4.90 Å². The van der Waals surface area contributed by atoms with Crippen molar-refractivity contribution in [3.05, 3.63) is 35.4 Å². The Morgan fingerprint density at radius 1 is 1.30 bits per heavy atom. The third kappa shape index (κ3) is 3.90. The van der Waals surface area contributed by atoms with Crippen molar-refractivity contribution in [2.45, 2.75) is 12.8 Å². The van der Waals surface area contributed by atoms with Crippen LogP contribution in [-0.4, -0.2) is 46.4 Å². The highest BCUT2D eigenvalue weighted by Crippen LogP contribution is 2.12. The summed E-state index contributed by atoms with van der Waals surface area (Å²) in [6, 6.07) is 7.21. The van der Waals surface area contributed by atoms with Crippen molar-refractivity contribution in [3.8, 4) is 0 Å². The van der Waals surface area contributed by atoms with Gasteiger partial charge in [-0.25, -0.2) is 0 Å². The average molecular weight is 293 g/mol. The van der Waals surface area contributed by atoms with Crippen molar-refractivity contribution in [2.75, 3.05) is 24.6 Å². The highest BCUT2D eigenvalue weighted by molar-refractivity contribution is 7.99. The molecule has 2 rings (SSSR count). The molecule has 6 heteroatoms. The number of hydrogen-bond donors (Lipinski definition) is 2. The van der Waals surface area contributed by atoms with E-state index in [0.717, 1.165) is 36.6 Å². The van der Waals surface area contributed by atoms with Gasteiger partial charge >= 0.3 is 0 Å². The van der Waals surface area contributed by atoms with Gasteiger partial charge in [0.2, 0.25) is 5.91 Å². The number of rotatable bonds is 3. The lowest BCUT2D eigenvalue weighted by molar-refractivity contribution is -0.130. The summed E-state index contributed by atoms with van der Waals surface area (Å²) in [6.07, 6.45) is 1.47. The van der Waals surface area contributed by atoms with Gasteiger partial charge in [-0.3, -0.25) is 4.79 Å². The molecular weight excluding hydrogens is 274 g/mol. The Bertz CT molecular complexity index is 480. The van der Waals surface area contributed by atoms with Crippen LogP contribution in [0.4, 0.5) is 0 Å². The summed E-state index contributed by atoms with van der Waals surface area (Å²) < 4.78 is 0. The zero-order valence-corrected chi connectivity index (χ0v) is 12.1. The van der Waals surface area contributed by atoms with E-state index in [-0.39, 0.29) is 11.7 Å². The molecule has 1 fully saturated rings.